The van der Waals surface area contributed by atoms with E-state index in [0.29, 0.717) is 41.6 Å². The van der Waals surface area contributed by atoms with Crippen LogP contribution in [0.5, 0.6) is 17.2 Å². The van der Waals surface area contributed by atoms with E-state index in [4.69, 9.17) is 14.2 Å². The second kappa shape index (κ2) is 9.43. The zero-order valence-electron chi connectivity index (χ0n) is 18.0. The van der Waals surface area contributed by atoms with Crippen molar-refractivity contribution < 1.29 is 23.8 Å². The van der Waals surface area contributed by atoms with Crippen molar-refractivity contribution in [2.24, 2.45) is 0 Å². The molecule has 1 N–H and O–H groups in total. The predicted octanol–water partition coefficient (Wildman–Crippen LogP) is 4.06. The summed E-state index contributed by atoms with van der Waals surface area (Å²) in [5.41, 5.74) is 2.74. The molecule has 0 aliphatic carbocycles. The Morgan fingerprint density at radius 1 is 1.09 bits per heavy atom. The number of anilines is 2. The Morgan fingerprint density at radius 3 is 2.75 bits per heavy atom. The average Bonchev–Trinajstić information content (AvgIpc) is 2.80. The highest BCUT2D eigenvalue weighted by Crippen LogP contribution is 2.34. The van der Waals surface area contributed by atoms with Crippen LogP contribution in [0.1, 0.15) is 15.9 Å². The first-order valence-electron chi connectivity index (χ1n) is 10.3. The van der Waals surface area contributed by atoms with Gasteiger partial charge in [-0.3, -0.25) is 9.59 Å². The molecule has 164 valence electrons. The van der Waals surface area contributed by atoms with Gasteiger partial charge < -0.3 is 24.4 Å². The number of amides is 2. The molecule has 2 amide bonds. The van der Waals surface area contributed by atoms with E-state index in [9.17, 15) is 9.59 Å². The predicted molar refractivity (Wildman–Crippen MR) is 122 cm³/mol. The molecule has 0 spiro atoms. The van der Waals surface area contributed by atoms with Crippen LogP contribution < -0.4 is 24.4 Å². The molecule has 3 aromatic carbocycles. The number of aryl methyl sites for hydroxylation is 1. The molecule has 3 aromatic rings. The molecule has 4 rings (SSSR count). The van der Waals surface area contributed by atoms with Crippen LogP contribution >= 0.6 is 0 Å². The number of rotatable bonds is 7. The minimum atomic E-state index is -0.294. The molecule has 0 aromatic heterocycles. The van der Waals surface area contributed by atoms with Gasteiger partial charge in [-0.2, -0.15) is 0 Å². The highest BCUT2D eigenvalue weighted by molar-refractivity contribution is 6.06. The van der Waals surface area contributed by atoms with Crippen LogP contribution in [0.15, 0.2) is 66.7 Å². The van der Waals surface area contributed by atoms with E-state index in [1.807, 2.05) is 31.2 Å². The molecule has 0 unspecified atom stereocenters. The van der Waals surface area contributed by atoms with Crippen LogP contribution in [0.4, 0.5) is 11.4 Å². The maximum absolute atomic E-state index is 12.7. The summed E-state index contributed by atoms with van der Waals surface area (Å²) in [5, 5.41) is 2.85. The molecule has 0 saturated carbocycles. The molecule has 1 aliphatic heterocycles. The van der Waals surface area contributed by atoms with Crippen molar-refractivity contribution in [3.05, 3.63) is 77.9 Å². The lowest BCUT2D eigenvalue weighted by molar-refractivity contribution is -0.121. The summed E-state index contributed by atoms with van der Waals surface area (Å²) in [6.45, 7) is 2.66. The average molecular weight is 432 g/mol. The van der Waals surface area contributed by atoms with Crippen LogP contribution in [0, 0.1) is 6.92 Å². The third-order valence-electron chi connectivity index (χ3n) is 5.09. The first-order valence-corrected chi connectivity index (χ1v) is 10.3. The fourth-order valence-corrected chi connectivity index (χ4v) is 3.52. The molecule has 7 nitrogen and oxygen atoms in total. The molecular weight excluding hydrogens is 408 g/mol. The molecule has 0 fully saturated rings. The smallest absolute Gasteiger partial charge is 0.265 e. The fraction of sp³-hybridized carbons (Fsp3) is 0.200. The van der Waals surface area contributed by atoms with Gasteiger partial charge in [-0.05, 0) is 48.9 Å². The normalized spacial score (nSPS) is 12.6. The van der Waals surface area contributed by atoms with Crippen molar-refractivity contribution in [2.45, 2.75) is 6.92 Å². The fourth-order valence-electron chi connectivity index (χ4n) is 3.52. The van der Waals surface area contributed by atoms with Crippen molar-refractivity contribution in [3.8, 4) is 17.2 Å². The van der Waals surface area contributed by atoms with Gasteiger partial charge in [-0.15, -0.1) is 0 Å². The van der Waals surface area contributed by atoms with E-state index in [0.717, 1.165) is 11.3 Å². The first-order chi connectivity index (χ1) is 15.5. The number of carbonyl (C=O) groups is 2. The molecule has 0 radical (unpaired) electrons. The standard InChI is InChI=1S/C25H24N2O5/c1-17-6-5-7-19(14-17)31-13-12-27-21-11-10-18(15-23(21)32-16-24(27)28)26-25(29)20-8-3-4-9-22(20)30-2/h3-11,14-15H,12-13,16H2,1-2H3,(H,26,29). The second-order valence-electron chi connectivity index (χ2n) is 7.34. The molecule has 32 heavy (non-hydrogen) atoms. The van der Waals surface area contributed by atoms with E-state index >= 15 is 0 Å². The zero-order chi connectivity index (χ0) is 22.5. The third-order valence-corrected chi connectivity index (χ3v) is 5.09. The molecule has 1 heterocycles. The SMILES string of the molecule is COc1ccccc1C(=O)Nc1ccc2c(c1)OCC(=O)N2CCOc1cccc(C)c1. The van der Waals surface area contributed by atoms with Gasteiger partial charge in [0.2, 0.25) is 0 Å². The van der Waals surface area contributed by atoms with Crippen LogP contribution in [0.3, 0.4) is 0 Å². The van der Waals surface area contributed by atoms with Crippen molar-refractivity contribution in [3.63, 3.8) is 0 Å². The Balaban J connectivity index is 1.45. The van der Waals surface area contributed by atoms with Gasteiger partial charge in [0.1, 0.15) is 23.9 Å². The Bertz CT molecular complexity index is 1140. The van der Waals surface area contributed by atoms with Crippen LogP contribution in [-0.4, -0.2) is 38.7 Å². The number of hydrogen-bond acceptors (Lipinski definition) is 5. The lowest BCUT2D eigenvalue weighted by atomic mass is 10.1. The van der Waals surface area contributed by atoms with Crippen LogP contribution in [-0.2, 0) is 4.79 Å². The summed E-state index contributed by atoms with van der Waals surface area (Å²) >= 11 is 0. The lowest BCUT2D eigenvalue weighted by Gasteiger charge is -2.29. The van der Waals surface area contributed by atoms with E-state index < -0.39 is 0 Å². The summed E-state index contributed by atoms with van der Waals surface area (Å²) in [5.74, 6) is 1.34. The second-order valence-corrected chi connectivity index (χ2v) is 7.34. The van der Waals surface area contributed by atoms with E-state index in [-0.39, 0.29) is 18.4 Å². The van der Waals surface area contributed by atoms with Gasteiger partial charge in [0.15, 0.2) is 6.61 Å². The van der Waals surface area contributed by atoms with Crippen molar-refractivity contribution in [1.29, 1.82) is 0 Å². The number of para-hydroxylation sites is 1. The Kier molecular flexibility index (Phi) is 6.26. The summed E-state index contributed by atoms with van der Waals surface area (Å²) in [7, 11) is 1.52. The zero-order valence-corrected chi connectivity index (χ0v) is 18.0. The van der Waals surface area contributed by atoms with Gasteiger partial charge >= 0.3 is 0 Å². The van der Waals surface area contributed by atoms with E-state index in [2.05, 4.69) is 5.32 Å². The monoisotopic (exact) mass is 432 g/mol. The number of carbonyl (C=O) groups excluding carboxylic acids is 2. The number of benzene rings is 3. The Hall–Kier alpha value is -4.00. The van der Waals surface area contributed by atoms with E-state index in [1.165, 1.54) is 7.11 Å². The number of ether oxygens (including phenoxy) is 3. The number of methoxy groups -OCH3 is 1. The molecular formula is C25H24N2O5. The summed E-state index contributed by atoms with van der Waals surface area (Å²) in [6.07, 6.45) is 0. The van der Waals surface area contributed by atoms with Gasteiger partial charge in [-0.25, -0.2) is 0 Å². The van der Waals surface area contributed by atoms with Gasteiger partial charge in [0.05, 0.1) is 24.9 Å². The van der Waals surface area contributed by atoms with Gasteiger partial charge in [-0.1, -0.05) is 24.3 Å². The van der Waals surface area contributed by atoms with Gasteiger partial charge in [0.25, 0.3) is 11.8 Å². The largest absolute Gasteiger partial charge is 0.496 e. The number of nitrogens with one attached hydrogen (secondary N) is 1. The van der Waals surface area contributed by atoms with Gasteiger partial charge in [0, 0.05) is 11.8 Å². The molecule has 7 heteroatoms. The number of hydrogen-bond donors (Lipinski definition) is 1. The highest BCUT2D eigenvalue weighted by atomic mass is 16.5. The van der Waals surface area contributed by atoms with Crippen LogP contribution in [0.2, 0.25) is 0 Å². The van der Waals surface area contributed by atoms with Crippen LogP contribution in [0.25, 0.3) is 0 Å². The van der Waals surface area contributed by atoms with Crippen molar-refractivity contribution in [1.82, 2.24) is 0 Å². The quantitative estimate of drug-likeness (QED) is 0.609. The Morgan fingerprint density at radius 2 is 1.94 bits per heavy atom. The number of fused-ring (bicyclic) bond motifs is 1. The molecule has 1 aliphatic rings. The maximum atomic E-state index is 12.7. The minimum absolute atomic E-state index is 0.0681. The van der Waals surface area contributed by atoms with E-state index in [1.54, 1.807) is 47.4 Å². The summed E-state index contributed by atoms with van der Waals surface area (Å²) in [4.78, 5) is 26.7. The molecule has 0 saturated heterocycles. The third kappa shape index (κ3) is 4.67. The highest BCUT2D eigenvalue weighted by Gasteiger charge is 2.26. The minimum Gasteiger partial charge on any atom is -0.496 e. The topological polar surface area (TPSA) is 77.1 Å². The first kappa shape index (κ1) is 21.2. The maximum Gasteiger partial charge on any atom is 0.265 e. The lowest BCUT2D eigenvalue weighted by Crippen LogP contribution is -2.41. The summed E-state index contributed by atoms with van der Waals surface area (Å²) < 4.78 is 16.7. The van der Waals surface area contributed by atoms with Crippen molar-refractivity contribution >= 4 is 23.2 Å². The summed E-state index contributed by atoms with van der Waals surface area (Å²) in [6, 6.07) is 20.0. The Labute approximate surface area is 186 Å². The molecule has 0 atom stereocenters. The van der Waals surface area contributed by atoms with Crippen molar-refractivity contribution in [2.75, 3.05) is 37.1 Å². The number of nitrogens with zero attached hydrogens (tertiary/aromatic N) is 1. The molecule has 0 bridgehead atoms.